The fourth-order valence-electron chi connectivity index (χ4n) is 1.05. The summed E-state index contributed by atoms with van der Waals surface area (Å²) in [5, 5.41) is 21.7. The lowest BCUT2D eigenvalue weighted by Crippen LogP contribution is -1.94. The van der Waals surface area contributed by atoms with E-state index in [1.807, 2.05) is 0 Å². The number of hydrazone groups is 1. The Kier molecular flexibility index (Phi) is 3.49. The monoisotopic (exact) mass is 267 g/mol. The zero-order chi connectivity index (χ0) is 13.0. The summed E-state index contributed by atoms with van der Waals surface area (Å²) >= 11 is 5.56. The summed E-state index contributed by atoms with van der Waals surface area (Å²) in [6.45, 7) is 0. The molecule has 0 saturated carbocycles. The van der Waals surface area contributed by atoms with Crippen molar-refractivity contribution in [1.29, 1.82) is 0 Å². The first-order chi connectivity index (χ1) is 8.65. The molecule has 0 atom stereocenters. The van der Waals surface area contributed by atoms with Crippen LogP contribution in [0, 0.1) is 10.1 Å². The SMILES string of the molecule is O=[N+]([O-])c1ccc(/C=N\Nc2ccc(Cl)nn2)o1. The minimum atomic E-state index is -0.630. The molecule has 0 aliphatic carbocycles. The van der Waals surface area contributed by atoms with Gasteiger partial charge in [-0.15, -0.1) is 10.2 Å². The van der Waals surface area contributed by atoms with Crippen LogP contribution in [0.25, 0.3) is 0 Å². The van der Waals surface area contributed by atoms with Gasteiger partial charge in [-0.2, -0.15) is 5.10 Å². The molecule has 2 aromatic heterocycles. The maximum Gasteiger partial charge on any atom is 0.433 e. The number of hydrogen-bond donors (Lipinski definition) is 1. The van der Waals surface area contributed by atoms with Gasteiger partial charge in [-0.25, -0.2) is 0 Å². The molecule has 8 nitrogen and oxygen atoms in total. The maximum atomic E-state index is 10.4. The standard InChI is InChI=1S/C9H6ClN5O3/c10-7-2-3-8(14-12-7)13-11-5-6-1-4-9(18-6)15(16)17/h1-5H,(H,13,14)/b11-5-. The van der Waals surface area contributed by atoms with Crippen LogP contribution in [-0.4, -0.2) is 21.3 Å². The van der Waals surface area contributed by atoms with Crippen LogP contribution in [0.1, 0.15) is 5.76 Å². The van der Waals surface area contributed by atoms with Crippen LogP contribution < -0.4 is 5.43 Å². The summed E-state index contributed by atoms with van der Waals surface area (Å²) < 4.78 is 4.86. The second-order valence-corrected chi connectivity index (χ2v) is 3.43. The minimum Gasteiger partial charge on any atom is -0.400 e. The number of nitrogens with one attached hydrogen (secondary N) is 1. The van der Waals surface area contributed by atoms with Gasteiger partial charge in [0.05, 0.1) is 12.3 Å². The Morgan fingerprint density at radius 3 is 2.83 bits per heavy atom. The smallest absolute Gasteiger partial charge is 0.400 e. The van der Waals surface area contributed by atoms with Gasteiger partial charge >= 0.3 is 5.88 Å². The van der Waals surface area contributed by atoms with Gasteiger partial charge in [0.2, 0.25) is 0 Å². The zero-order valence-electron chi connectivity index (χ0n) is 8.78. The molecule has 2 heterocycles. The largest absolute Gasteiger partial charge is 0.433 e. The van der Waals surface area contributed by atoms with E-state index in [9.17, 15) is 10.1 Å². The van der Waals surface area contributed by atoms with E-state index in [0.29, 0.717) is 5.82 Å². The van der Waals surface area contributed by atoms with Crippen molar-refractivity contribution in [3.8, 4) is 0 Å². The molecule has 0 aromatic carbocycles. The number of furan rings is 1. The molecule has 0 saturated heterocycles. The highest BCUT2D eigenvalue weighted by Crippen LogP contribution is 2.14. The Labute approximate surface area is 105 Å². The van der Waals surface area contributed by atoms with Gasteiger partial charge in [-0.05, 0) is 18.2 Å². The molecule has 0 aliphatic rings. The third-order valence-electron chi connectivity index (χ3n) is 1.80. The first-order valence-electron chi connectivity index (χ1n) is 4.68. The Hall–Kier alpha value is -2.48. The van der Waals surface area contributed by atoms with Crippen molar-refractivity contribution in [1.82, 2.24) is 10.2 Å². The predicted octanol–water partition coefficient (Wildman–Crippen LogP) is 2.08. The number of nitrogens with zero attached hydrogens (tertiary/aromatic N) is 4. The average Bonchev–Trinajstić information content (AvgIpc) is 2.81. The molecular formula is C9H6ClN5O3. The highest BCUT2D eigenvalue weighted by Gasteiger charge is 2.09. The molecule has 2 rings (SSSR count). The summed E-state index contributed by atoms with van der Waals surface area (Å²) in [5.74, 6) is 0.288. The predicted molar refractivity (Wildman–Crippen MR) is 63.6 cm³/mol. The second kappa shape index (κ2) is 5.23. The minimum absolute atomic E-state index is 0.246. The van der Waals surface area contributed by atoms with Crippen molar-refractivity contribution in [3.05, 3.63) is 45.3 Å². The molecule has 0 aliphatic heterocycles. The summed E-state index contributed by atoms with van der Waals surface area (Å²) in [7, 11) is 0. The van der Waals surface area contributed by atoms with E-state index in [1.54, 1.807) is 12.1 Å². The number of halogens is 1. The van der Waals surface area contributed by atoms with Gasteiger partial charge < -0.3 is 4.42 Å². The summed E-state index contributed by atoms with van der Waals surface area (Å²) in [6.07, 6.45) is 1.28. The molecule has 2 aromatic rings. The van der Waals surface area contributed by atoms with Crippen LogP contribution in [0.3, 0.4) is 0 Å². The van der Waals surface area contributed by atoms with Gasteiger partial charge in [0, 0.05) is 0 Å². The van der Waals surface area contributed by atoms with Crippen LogP contribution in [0.5, 0.6) is 0 Å². The number of nitro groups is 1. The molecule has 18 heavy (non-hydrogen) atoms. The molecule has 0 amide bonds. The third-order valence-corrected chi connectivity index (χ3v) is 2.00. The molecule has 92 valence electrons. The van der Waals surface area contributed by atoms with Gasteiger partial charge in [0.15, 0.2) is 16.7 Å². The highest BCUT2D eigenvalue weighted by atomic mass is 35.5. The molecule has 1 N–H and O–H groups in total. The van der Waals surface area contributed by atoms with E-state index in [2.05, 4.69) is 20.7 Å². The Morgan fingerprint density at radius 2 is 2.22 bits per heavy atom. The van der Waals surface area contributed by atoms with E-state index >= 15 is 0 Å². The molecular weight excluding hydrogens is 262 g/mol. The van der Waals surface area contributed by atoms with E-state index in [0.717, 1.165) is 0 Å². The van der Waals surface area contributed by atoms with Crippen molar-refractivity contribution < 1.29 is 9.34 Å². The van der Waals surface area contributed by atoms with E-state index in [-0.39, 0.29) is 16.8 Å². The van der Waals surface area contributed by atoms with Crippen LogP contribution in [0.4, 0.5) is 11.7 Å². The van der Waals surface area contributed by atoms with Gasteiger partial charge in [0.25, 0.3) is 0 Å². The summed E-state index contributed by atoms with van der Waals surface area (Å²) in [5.41, 5.74) is 2.57. The molecule has 0 spiro atoms. The van der Waals surface area contributed by atoms with E-state index in [4.69, 9.17) is 16.0 Å². The number of aromatic nitrogens is 2. The molecule has 9 heteroatoms. The second-order valence-electron chi connectivity index (χ2n) is 3.04. The lowest BCUT2D eigenvalue weighted by Gasteiger charge is -1.95. The lowest BCUT2D eigenvalue weighted by atomic mass is 10.5. The topological polar surface area (TPSA) is 106 Å². The molecule has 0 bridgehead atoms. The fraction of sp³-hybridized carbons (Fsp3) is 0. The number of hydrogen-bond acceptors (Lipinski definition) is 7. The summed E-state index contributed by atoms with van der Waals surface area (Å²) in [6, 6.07) is 5.79. The van der Waals surface area contributed by atoms with Gasteiger partial charge in [-0.1, -0.05) is 11.6 Å². The van der Waals surface area contributed by atoms with E-state index < -0.39 is 4.92 Å². The van der Waals surface area contributed by atoms with Crippen molar-refractivity contribution in [3.63, 3.8) is 0 Å². The molecule has 0 radical (unpaired) electrons. The van der Waals surface area contributed by atoms with Crippen LogP contribution in [0.2, 0.25) is 5.15 Å². The normalized spacial score (nSPS) is 10.7. The lowest BCUT2D eigenvalue weighted by molar-refractivity contribution is -0.402. The van der Waals surface area contributed by atoms with Gasteiger partial charge in [-0.3, -0.25) is 15.5 Å². The summed E-state index contributed by atoms with van der Waals surface area (Å²) in [4.78, 5) is 9.73. The first-order valence-corrected chi connectivity index (χ1v) is 5.05. The van der Waals surface area contributed by atoms with Crippen molar-refractivity contribution >= 4 is 29.5 Å². The Morgan fingerprint density at radius 1 is 1.39 bits per heavy atom. The highest BCUT2D eigenvalue weighted by molar-refractivity contribution is 6.29. The fourth-order valence-corrected chi connectivity index (χ4v) is 1.15. The number of rotatable bonds is 4. The quantitative estimate of drug-likeness (QED) is 0.516. The van der Waals surface area contributed by atoms with Gasteiger partial charge in [0.1, 0.15) is 4.92 Å². The van der Waals surface area contributed by atoms with Crippen LogP contribution >= 0.6 is 11.6 Å². The Bertz CT molecular complexity index is 580. The maximum absolute atomic E-state index is 10.4. The first kappa shape index (κ1) is 12.0. The zero-order valence-corrected chi connectivity index (χ0v) is 9.53. The average molecular weight is 268 g/mol. The van der Waals surface area contributed by atoms with Crippen LogP contribution in [0.15, 0.2) is 33.8 Å². The Balaban J connectivity index is 1.98. The van der Waals surface area contributed by atoms with Crippen molar-refractivity contribution in [2.75, 3.05) is 5.43 Å². The molecule has 0 fully saturated rings. The molecule has 0 unspecified atom stereocenters. The number of anilines is 1. The van der Waals surface area contributed by atoms with Crippen LogP contribution in [-0.2, 0) is 0 Å². The third kappa shape index (κ3) is 3.01. The van der Waals surface area contributed by atoms with Crippen molar-refractivity contribution in [2.45, 2.75) is 0 Å². The van der Waals surface area contributed by atoms with E-state index in [1.165, 1.54) is 18.3 Å². The van der Waals surface area contributed by atoms with Crippen molar-refractivity contribution in [2.24, 2.45) is 5.10 Å².